The molecule has 0 aliphatic carbocycles. The number of methoxy groups -OCH3 is 2. The topological polar surface area (TPSA) is 59.5 Å². The van der Waals surface area contributed by atoms with Crippen LogP contribution in [0.15, 0.2) is 18.2 Å². The fourth-order valence-electron chi connectivity index (χ4n) is 3.16. The molecule has 146 valence electrons. The number of nitrogens with zero attached hydrogens (tertiary/aromatic N) is 3. The number of nitrogens with one attached hydrogen (secondary N) is 1. The average Bonchev–Trinajstić information content (AvgIpc) is 2.67. The smallest absolute Gasteiger partial charge is 0.225 e. The van der Waals surface area contributed by atoms with Gasteiger partial charge in [0.05, 0.1) is 14.2 Å². The number of ether oxygens (including phenoxy) is 2. The monoisotopic (exact) mass is 430 g/mol. The maximum atomic E-state index is 6.16. The number of likely N-dealkylation sites (tertiary alicyclic amines) is 1. The van der Waals surface area contributed by atoms with Crippen LogP contribution in [0.1, 0.15) is 18.4 Å². The number of rotatable bonds is 6. The summed E-state index contributed by atoms with van der Waals surface area (Å²) in [6.07, 6.45) is 1.92. The van der Waals surface area contributed by atoms with Crippen molar-refractivity contribution in [2.45, 2.75) is 25.4 Å². The van der Waals surface area contributed by atoms with Gasteiger partial charge in [-0.05, 0) is 42.1 Å². The van der Waals surface area contributed by atoms with Crippen molar-refractivity contribution in [3.8, 4) is 11.5 Å². The predicted octanol–water partition coefficient (Wildman–Crippen LogP) is 4.53. The van der Waals surface area contributed by atoms with Crippen LogP contribution in [0, 0.1) is 0 Å². The quantitative estimate of drug-likeness (QED) is 0.535. The Morgan fingerprint density at radius 1 is 1.07 bits per heavy atom. The number of aromatic nitrogens is 2. The summed E-state index contributed by atoms with van der Waals surface area (Å²) in [5.41, 5.74) is 1.19. The minimum atomic E-state index is 0.0813. The maximum absolute atomic E-state index is 6.16. The van der Waals surface area contributed by atoms with E-state index in [1.165, 1.54) is 5.56 Å². The zero-order valence-corrected chi connectivity index (χ0v) is 17.4. The molecule has 0 saturated carbocycles. The van der Waals surface area contributed by atoms with Gasteiger partial charge in [-0.25, -0.2) is 4.98 Å². The molecule has 27 heavy (non-hydrogen) atoms. The molecule has 6 nitrogen and oxygen atoms in total. The Labute approximate surface area is 173 Å². The van der Waals surface area contributed by atoms with Gasteiger partial charge in [0.25, 0.3) is 0 Å². The molecule has 1 N–H and O–H groups in total. The Balaban J connectivity index is 1.56. The molecule has 0 unspecified atom stereocenters. The van der Waals surface area contributed by atoms with Gasteiger partial charge in [0.1, 0.15) is 5.02 Å². The molecule has 0 amide bonds. The molecular formula is C18H21Cl3N4O2. The van der Waals surface area contributed by atoms with Crippen LogP contribution in [-0.2, 0) is 6.54 Å². The van der Waals surface area contributed by atoms with Crippen LogP contribution in [0.3, 0.4) is 0 Å². The van der Waals surface area contributed by atoms with Crippen LogP contribution in [0.4, 0.5) is 5.82 Å². The molecule has 0 bridgehead atoms. The summed E-state index contributed by atoms with van der Waals surface area (Å²) < 4.78 is 10.7. The summed E-state index contributed by atoms with van der Waals surface area (Å²) in [5.74, 6) is 1.97. The summed E-state index contributed by atoms with van der Waals surface area (Å²) in [6, 6.07) is 6.28. The highest BCUT2D eigenvalue weighted by molar-refractivity contribution is 6.43. The van der Waals surface area contributed by atoms with E-state index in [1.807, 2.05) is 12.1 Å². The molecule has 0 spiro atoms. The third kappa shape index (κ3) is 5.08. The van der Waals surface area contributed by atoms with Crippen molar-refractivity contribution in [1.82, 2.24) is 14.9 Å². The molecule has 9 heteroatoms. The van der Waals surface area contributed by atoms with Gasteiger partial charge < -0.3 is 14.8 Å². The highest BCUT2D eigenvalue weighted by atomic mass is 35.5. The van der Waals surface area contributed by atoms with Crippen LogP contribution in [0.25, 0.3) is 0 Å². The van der Waals surface area contributed by atoms with Crippen molar-refractivity contribution in [2.24, 2.45) is 0 Å². The third-order valence-electron chi connectivity index (χ3n) is 4.57. The lowest BCUT2D eigenvalue weighted by Crippen LogP contribution is -2.38. The van der Waals surface area contributed by atoms with Crippen LogP contribution in [0.2, 0.25) is 15.5 Å². The third-order valence-corrected chi connectivity index (χ3v) is 5.46. The first-order valence-corrected chi connectivity index (χ1v) is 9.72. The first-order valence-electron chi connectivity index (χ1n) is 8.58. The van der Waals surface area contributed by atoms with Gasteiger partial charge in [-0.3, -0.25) is 4.90 Å². The van der Waals surface area contributed by atoms with Crippen molar-refractivity contribution in [1.29, 1.82) is 0 Å². The summed E-state index contributed by atoms with van der Waals surface area (Å²) in [7, 11) is 3.29. The molecule has 2 aromatic rings. The fourth-order valence-corrected chi connectivity index (χ4v) is 3.68. The van der Waals surface area contributed by atoms with E-state index in [0.717, 1.165) is 44.0 Å². The lowest BCUT2D eigenvalue weighted by Gasteiger charge is -2.32. The molecule has 3 rings (SSSR count). The van der Waals surface area contributed by atoms with Gasteiger partial charge >= 0.3 is 0 Å². The summed E-state index contributed by atoms with van der Waals surface area (Å²) in [4.78, 5) is 10.4. The van der Waals surface area contributed by atoms with E-state index >= 15 is 0 Å². The molecular weight excluding hydrogens is 411 g/mol. The van der Waals surface area contributed by atoms with Crippen LogP contribution >= 0.6 is 34.8 Å². The zero-order valence-electron chi connectivity index (χ0n) is 15.1. The minimum Gasteiger partial charge on any atom is -0.493 e. The van der Waals surface area contributed by atoms with E-state index in [0.29, 0.717) is 10.8 Å². The summed E-state index contributed by atoms with van der Waals surface area (Å²) in [5, 5.41) is 3.87. The lowest BCUT2D eigenvalue weighted by atomic mass is 10.0. The van der Waals surface area contributed by atoms with Gasteiger partial charge in [0.15, 0.2) is 22.5 Å². The van der Waals surface area contributed by atoms with Crippen molar-refractivity contribution in [2.75, 3.05) is 32.6 Å². The van der Waals surface area contributed by atoms with Crippen molar-refractivity contribution in [3.63, 3.8) is 0 Å². The highest BCUT2D eigenvalue weighted by Gasteiger charge is 2.21. The molecule has 1 saturated heterocycles. The molecule has 1 aromatic carbocycles. The minimum absolute atomic E-state index is 0.0813. The molecule has 1 aromatic heterocycles. The van der Waals surface area contributed by atoms with E-state index in [-0.39, 0.29) is 16.5 Å². The van der Waals surface area contributed by atoms with Gasteiger partial charge in [-0.15, -0.1) is 0 Å². The number of hydrogen-bond acceptors (Lipinski definition) is 6. The molecule has 1 fully saturated rings. The van der Waals surface area contributed by atoms with Crippen molar-refractivity contribution in [3.05, 3.63) is 39.2 Å². The van der Waals surface area contributed by atoms with Crippen molar-refractivity contribution < 1.29 is 9.47 Å². The van der Waals surface area contributed by atoms with E-state index in [2.05, 4.69) is 26.3 Å². The molecule has 2 heterocycles. The van der Waals surface area contributed by atoms with Gasteiger partial charge in [0.2, 0.25) is 5.28 Å². The Bertz CT molecular complexity index is 798. The Morgan fingerprint density at radius 3 is 2.44 bits per heavy atom. The first-order chi connectivity index (χ1) is 13.0. The van der Waals surface area contributed by atoms with Gasteiger partial charge in [-0.2, -0.15) is 4.98 Å². The Kier molecular flexibility index (Phi) is 6.87. The van der Waals surface area contributed by atoms with E-state index in [4.69, 9.17) is 44.3 Å². The molecule has 0 radical (unpaired) electrons. The number of hydrogen-bond donors (Lipinski definition) is 1. The lowest BCUT2D eigenvalue weighted by molar-refractivity contribution is 0.211. The van der Waals surface area contributed by atoms with Gasteiger partial charge in [-0.1, -0.05) is 29.3 Å². The fraction of sp³-hybridized carbons (Fsp3) is 0.444. The largest absolute Gasteiger partial charge is 0.493 e. The van der Waals surface area contributed by atoms with Crippen molar-refractivity contribution >= 4 is 40.6 Å². The van der Waals surface area contributed by atoms with E-state index < -0.39 is 0 Å². The SMILES string of the molecule is COc1ccc(CN2CCC(Nc3nc(Cl)nc(Cl)c3Cl)CC2)cc1OC. The normalized spacial score (nSPS) is 15.6. The van der Waals surface area contributed by atoms with Crippen LogP contribution in [-0.4, -0.2) is 48.2 Å². The predicted molar refractivity (Wildman–Crippen MR) is 109 cm³/mol. The Morgan fingerprint density at radius 2 is 1.78 bits per heavy atom. The second-order valence-electron chi connectivity index (χ2n) is 6.33. The number of piperidine rings is 1. The number of anilines is 1. The highest BCUT2D eigenvalue weighted by Crippen LogP contribution is 2.31. The molecule has 1 aliphatic rings. The standard InChI is InChI=1S/C18H21Cl3N4O2/c1-26-13-4-3-11(9-14(13)27-2)10-25-7-5-12(6-8-25)22-17-15(19)16(20)23-18(21)24-17/h3-4,9,12H,5-8,10H2,1-2H3,(H,22,23,24). The van der Waals surface area contributed by atoms with Crippen LogP contribution < -0.4 is 14.8 Å². The van der Waals surface area contributed by atoms with E-state index in [9.17, 15) is 0 Å². The maximum Gasteiger partial charge on any atom is 0.225 e. The Hall–Kier alpha value is -1.47. The number of benzene rings is 1. The van der Waals surface area contributed by atoms with Crippen LogP contribution in [0.5, 0.6) is 11.5 Å². The first kappa shape index (κ1) is 20.3. The summed E-state index contributed by atoms with van der Waals surface area (Å²) in [6.45, 7) is 2.77. The average molecular weight is 432 g/mol. The number of halogens is 3. The molecule has 0 atom stereocenters. The summed E-state index contributed by atoms with van der Waals surface area (Å²) >= 11 is 18.0. The second kappa shape index (κ2) is 9.15. The molecule has 1 aliphatic heterocycles. The van der Waals surface area contributed by atoms with Gasteiger partial charge in [0, 0.05) is 25.7 Å². The zero-order chi connectivity index (χ0) is 19.4. The van der Waals surface area contributed by atoms with E-state index in [1.54, 1.807) is 14.2 Å². The second-order valence-corrected chi connectivity index (χ2v) is 7.40.